The van der Waals surface area contributed by atoms with Crippen LogP contribution in [0.15, 0.2) is 17.1 Å². The average Bonchev–Trinajstić information content (AvgIpc) is 2.99. The van der Waals surface area contributed by atoms with Crippen molar-refractivity contribution < 1.29 is 0 Å². The normalized spacial score (nSPS) is 19.6. The highest BCUT2D eigenvalue weighted by Gasteiger charge is 2.24. The van der Waals surface area contributed by atoms with Gasteiger partial charge in [-0.15, -0.1) is 0 Å². The van der Waals surface area contributed by atoms with Gasteiger partial charge in [0.25, 0.3) is 5.56 Å². The Labute approximate surface area is 160 Å². The number of aromatic nitrogens is 4. The Balaban J connectivity index is 1.41. The van der Waals surface area contributed by atoms with E-state index < -0.39 is 0 Å². The van der Waals surface area contributed by atoms with Gasteiger partial charge in [-0.05, 0) is 52.1 Å². The molecule has 2 aliphatic rings. The fraction of sp³-hybridized carbons (Fsp3) is 0.650. The lowest BCUT2D eigenvalue weighted by Crippen LogP contribution is -2.35. The molecule has 0 bridgehead atoms. The van der Waals surface area contributed by atoms with E-state index in [1.807, 2.05) is 11.7 Å². The van der Waals surface area contributed by atoms with Crippen molar-refractivity contribution in [2.75, 3.05) is 31.1 Å². The summed E-state index contributed by atoms with van der Waals surface area (Å²) in [4.78, 5) is 24.7. The van der Waals surface area contributed by atoms with Crippen molar-refractivity contribution in [2.45, 2.75) is 51.5 Å². The molecule has 0 radical (unpaired) electrons. The Kier molecular flexibility index (Phi) is 5.29. The topological polar surface area (TPSA) is 70.1 Å². The molecule has 7 nitrogen and oxygen atoms in total. The van der Waals surface area contributed by atoms with E-state index in [0.29, 0.717) is 5.92 Å². The summed E-state index contributed by atoms with van der Waals surface area (Å²) in [6, 6.07) is 1.71. The summed E-state index contributed by atoms with van der Waals surface area (Å²) in [6.07, 6.45) is 7.85. The molecule has 0 aliphatic carbocycles. The van der Waals surface area contributed by atoms with Gasteiger partial charge >= 0.3 is 0 Å². The third kappa shape index (κ3) is 4.24. The lowest BCUT2D eigenvalue weighted by molar-refractivity contribution is 0.203. The molecule has 7 heteroatoms. The number of aromatic amines is 1. The molecule has 0 spiro atoms. The van der Waals surface area contributed by atoms with Crippen LogP contribution in [0.3, 0.4) is 0 Å². The van der Waals surface area contributed by atoms with Crippen molar-refractivity contribution in [2.24, 2.45) is 7.05 Å². The molecule has 0 amide bonds. The molecule has 0 saturated carbocycles. The Hall–Kier alpha value is -2.15. The van der Waals surface area contributed by atoms with Gasteiger partial charge in [0.1, 0.15) is 0 Å². The first-order valence-corrected chi connectivity index (χ1v) is 10.2. The maximum atomic E-state index is 12.2. The van der Waals surface area contributed by atoms with E-state index in [2.05, 4.69) is 33.0 Å². The first kappa shape index (κ1) is 18.2. The third-order valence-corrected chi connectivity index (χ3v) is 5.92. The summed E-state index contributed by atoms with van der Waals surface area (Å²) >= 11 is 0. The molecule has 4 heterocycles. The highest BCUT2D eigenvalue weighted by molar-refractivity contribution is 5.31. The monoisotopic (exact) mass is 370 g/mol. The fourth-order valence-electron chi connectivity index (χ4n) is 4.36. The van der Waals surface area contributed by atoms with Gasteiger partial charge in [-0.1, -0.05) is 0 Å². The van der Waals surface area contributed by atoms with E-state index >= 15 is 0 Å². The van der Waals surface area contributed by atoms with Crippen molar-refractivity contribution in [3.8, 4) is 0 Å². The number of H-pyrrole nitrogens is 1. The number of hydrogen-bond donors (Lipinski definition) is 1. The molecule has 2 aromatic heterocycles. The molecule has 1 N–H and O–H groups in total. The van der Waals surface area contributed by atoms with E-state index in [4.69, 9.17) is 4.98 Å². The van der Waals surface area contributed by atoms with Gasteiger partial charge in [-0.3, -0.25) is 19.4 Å². The van der Waals surface area contributed by atoms with Crippen LogP contribution < -0.4 is 10.5 Å². The molecule has 4 rings (SSSR count). The SMILES string of the molecule is Cc1nn(C)cc1CN1CCC(c2cc(=O)[nH]c(N3CCCCC3)n2)CC1. The summed E-state index contributed by atoms with van der Waals surface area (Å²) < 4.78 is 1.89. The van der Waals surface area contributed by atoms with Gasteiger partial charge < -0.3 is 4.90 Å². The Morgan fingerprint density at radius 3 is 2.56 bits per heavy atom. The molecule has 2 saturated heterocycles. The van der Waals surface area contributed by atoms with E-state index in [-0.39, 0.29) is 5.56 Å². The Morgan fingerprint density at radius 1 is 1.15 bits per heavy atom. The number of likely N-dealkylation sites (tertiary alicyclic amines) is 1. The summed E-state index contributed by atoms with van der Waals surface area (Å²) in [5.41, 5.74) is 3.37. The number of hydrogen-bond acceptors (Lipinski definition) is 5. The van der Waals surface area contributed by atoms with E-state index in [9.17, 15) is 4.79 Å². The predicted molar refractivity (Wildman–Crippen MR) is 106 cm³/mol. The zero-order chi connectivity index (χ0) is 18.8. The minimum atomic E-state index is -0.0195. The smallest absolute Gasteiger partial charge is 0.252 e. The second-order valence-electron chi connectivity index (χ2n) is 8.01. The molecule has 146 valence electrons. The van der Waals surface area contributed by atoms with Crippen molar-refractivity contribution in [1.82, 2.24) is 24.6 Å². The second kappa shape index (κ2) is 7.84. The fourth-order valence-corrected chi connectivity index (χ4v) is 4.36. The zero-order valence-corrected chi connectivity index (χ0v) is 16.4. The van der Waals surface area contributed by atoms with Gasteiger partial charge in [-0.2, -0.15) is 5.10 Å². The number of nitrogens with one attached hydrogen (secondary N) is 1. The van der Waals surface area contributed by atoms with Crippen LogP contribution in [0.1, 0.15) is 55.0 Å². The maximum absolute atomic E-state index is 12.2. The molecule has 2 fully saturated rings. The largest absolute Gasteiger partial charge is 0.342 e. The number of rotatable bonds is 4. The minimum absolute atomic E-state index is 0.0195. The van der Waals surface area contributed by atoms with Crippen LogP contribution in [-0.4, -0.2) is 50.8 Å². The molecule has 27 heavy (non-hydrogen) atoms. The molecule has 2 aliphatic heterocycles. The van der Waals surface area contributed by atoms with Crippen molar-refractivity contribution >= 4 is 5.95 Å². The van der Waals surface area contributed by atoms with Gasteiger partial charge in [0.15, 0.2) is 0 Å². The number of nitrogens with zero attached hydrogens (tertiary/aromatic N) is 5. The van der Waals surface area contributed by atoms with Gasteiger partial charge in [0.2, 0.25) is 5.95 Å². The van der Waals surface area contributed by atoms with Crippen molar-refractivity contribution in [3.63, 3.8) is 0 Å². The Bertz CT molecular complexity index is 827. The maximum Gasteiger partial charge on any atom is 0.252 e. The lowest BCUT2D eigenvalue weighted by atomic mass is 9.93. The Morgan fingerprint density at radius 2 is 1.89 bits per heavy atom. The number of piperidine rings is 2. The van der Waals surface area contributed by atoms with E-state index in [1.165, 1.54) is 24.8 Å². The highest BCUT2D eigenvalue weighted by atomic mass is 16.1. The van der Waals surface area contributed by atoms with Gasteiger partial charge in [0, 0.05) is 50.4 Å². The van der Waals surface area contributed by atoms with Gasteiger partial charge in [0.05, 0.1) is 11.4 Å². The third-order valence-electron chi connectivity index (χ3n) is 5.92. The van der Waals surface area contributed by atoms with Crippen LogP contribution in [0.5, 0.6) is 0 Å². The molecule has 0 aromatic carbocycles. The molecular formula is C20H30N6O. The molecule has 2 aromatic rings. The summed E-state index contributed by atoms with van der Waals surface area (Å²) in [7, 11) is 1.97. The van der Waals surface area contributed by atoms with Crippen LogP contribution in [0.25, 0.3) is 0 Å². The van der Waals surface area contributed by atoms with Crippen molar-refractivity contribution in [1.29, 1.82) is 0 Å². The molecular weight excluding hydrogens is 340 g/mol. The minimum Gasteiger partial charge on any atom is -0.342 e. The van der Waals surface area contributed by atoms with E-state index in [0.717, 1.165) is 62.9 Å². The quantitative estimate of drug-likeness (QED) is 0.893. The van der Waals surface area contributed by atoms with Crippen molar-refractivity contribution in [3.05, 3.63) is 39.6 Å². The first-order chi connectivity index (χ1) is 13.1. The van der Waals surface area contributed by atoms with Crippen LogP contribution >= 0.6 is 0 Å². The predicted octanol–water partition coefficient (Wildman–Crippen LogP) is 2.18. The van der Waals surface area contributed by atoms with E-state index in [1.54, 1.807) is 6.07 Å². The summed E-state index contributed by atoms with van der Waals surface area (Å²) in [5, 5.41) is 4.44. The number of aryl methyl sites for hydroxylation is 2. The molecule has 0 unspecified atom stereocenters. The van der Waals surface area contributed by atoms with Crippen LogP contribution in [-0.2, 0) is 13.6 Å². The zero-order valence-electron chi connectivity index (χ0n) is 16.4. The van der Waals surface area contributed by atoms with Crippen LogP contribution in [0.4, 0.5) is 5.95 Å². The summed E-state index contributed by atoms with van der Waals surface area (Å²) in [6.45, 7) is 7.09. The van der Waals surface area contributed by atoms with Crippen LogP contribution in [0.2, 0.25) is 0 Å². The molecule has 0 atom stereocenters. The number of anilines is 1. The highest BCUT2D eigenvalue weighted by Crippen LogP contribution is 2.28. The lowest BCUT2D eigenvalue weighted by Gasteiger charge is -2.32. The van der Waals surface area contributed by atoms with Gasteiger partial charge in [-0.25, -0.2) is 4.98 Å². The average molecular weight is 371 g/mol. The first-order valence-electron chi connectivity index (χ1n) is 10.2. The second-order valence-corrected chi connectivity index (χ2v) is 8.01. The van der Waals surface area contributed by atoms with Crippen LogP contribution in [0, 0.1) is 6.92 Å². The standard InChI is InChI=1S/C20H30N6O/c1-15-17(13-24(2)23-15)14-25-10-6-16(7-11-25)18-12-19(27)22-20(21-18)26-8-4-3-5-9-26/h12-13,16H,3-11,14H2,1-2H3,(H,21,22,27). The summed E-state index contributed by atoms with van der Waals surface area (Å²) in [5.74, 6) is 1.15.